The highest BCUT2D eigenvalue weighted by atomic mass is 32.1. The maximum absolute atomic E-state index is 12.5. The fraction of sp³-hybridized carbons (Fsp3) is 0.238. The third-order valence-corrected chi connectivity index (χ3v) is 6.15. The fourth-order valence-electron chi connectivity index (χ4n) is 3.46. The molecule has 1 fully saturated rings. The van der Waals surface area contributed by atoms with E-state index in [1.165, 1.54) is 11.3 Å². The molecule has 0 spiro atoms. The van der Waals surface area contributed by atoms with E-state index in [0.29, 0.717) is 4.88 Å². The van der Waals surface area contributed by atoms with E-state index in [9.17, 15) is 9.59 Å². The molecule has 1 aliphatic rings. The number of hydrogen-bond acceptors (Lipinski definition) is 4. The Hall–Kier alpha value is -2.86. The molecule has 2 heterocycles. The number of fused-ring (bicyclic) bond motifs is 1. The van der Waals surface area contributed by atoms with Crippen molar-refractivity contribution in [1.29, 1.82) is 0 Å². The molecular weight excluding hydrogens is 358 g/mol. The molecule has 27 heavy (non-hydrogen) atoms. The van der Waals surface area contributed by atoms with E-state index in [1.807, 2.05) is 54.6 Å². The van der Waals surface area contributed by atoms with Gasteiger partial charge in [-0.2, -0.15) is 0 Å². The van der Waals surface area contributed by atoms with Crippen LogP contribution < -0.4 is 16.0 Å². The maximum atomic E-state index is 12.5. The topological polar surface area (TPSA) is 75.4 Å². The third-order valence-electron chi connectivity index (χ3n) is 5.04. The Morgan fingerprint density at radius 2 is 1.74 bits per heavy atom. The molecule has 2 aromatic carbocycles. The van der Waals surface area contributed by atoms with Crippen molar-refractivity contribution in [3.63, 3.8) is 0 Å². The number of nitrogens with one attached hydrogen (secondary N) is 1. The number of amides is 2. The number of piperidine rings is 1. The number of hydrogen-bond donors (Lipinski definition) is 2. The molecule has 138 valence electrons. The van der Waals surface area contributed by atoms with Gasteiger partial charge in [-0.25, -0.2) is 0 Å². The first-order valence-electron chi connectivity index (χ1n) is 9.04. The van der Waals surface area contributed by atoms with E-state index in [2.05, 4.69) is 10.2 Å². The molecule has 5 nitrogen and oxygen atoms in total. The molecule has 0 bridgehead atoms. The molecule has 3 aromatic rings. The van der Waals surface area contributed by atoms with Crippen molar-refractivity contribution in [3.8, 4) is 0 Å². The molecule has 0 saturated carbocycles. The number of carbonyl (C=O) groups excluding carboxylic acids is 2. The number of nitrogens with two attached hydrogens (primary N) is 1. The second kappa shape index (κ2) is 7.40. The minimum Gasteiger partial charge on any atom is -0.371 e. The van der Waals surface area contributed by atoms with Crippen molar-refractivity contribution >= 4 is 44.6 Å². The maximum Gasteiger partial charge on any atom is 0.265 e. The number of rotatable bonds is 4. The molecule has 6 heteroatoms. The van der Waals surface area contributed by atoms with Gasteiger partial charge in [-0.1, -0.05) is 18.2 Å². The van der Waals surface area contributed by atoms with Crippen molar-refractivity contribution < 1.29 is 9.59 Å². The van der Waals surface area contributed by atoms with Crippen LogP contribution in [0.3, 0.4) is 0 Å². The molecule has 3 N–H and O–H groups in total. The van der Waals surface area contributed by atoms with Crippen molar-refractivity contribution in [2.45, 2.75) is 12.8 Å². The van der Waals surface area contributed by atoms with Gasteiger partial charge < -0.3 is 16.0 Å². The van der Waals surface area contributed by atoms with Crippen LogP contribution in [-0.4, -0.2) is 24.9 Å². The van der Waals surface area contributed by atoms with Crippen LogP contribution in [0.25, 0.3) is 10.1 Å². The second-order valence-electron chi connectivity index (χ2n) is 6.81. The van der Waals surface area contributed by atoms with Gasteiger partial charge in [0.15, 0.2) is 0 Å². The van der Waals surface area contributed by atoms with Gasteiger partial charge in [0.05, 0.1) is 4.88 Å². The molecular formula is C21H21N3O2S. The van der Waals surface area contributed by atoms with E-state index < -0.39 is 0 Å². The van der Waals surface area contributed by atoms with Crippen LogP contribution in [0.5, 0.6) is 0 Å². The van der Waals surface area contributed by atoms with Crippen LogP contribution in [0.2, 0.25) is 0 Å². The predicted molar refractivity (Wildman–Crippen MR) is 110 cm³/mol. The minimum absolute atomic E-state index is 0.0129. The van der Waals surface area contributed by atoms with Gasteiger partial charge in [0.2, 0.25) is 5.91 Å². The normalized spacial score (nSPS) is 15.0. The summed E-state index contributed by atoms with van der Waals surface area (Å²) >= 11 is 1.49. The van der Waals surface area contributed by atoms with Crippen LogP contribution in [0, 0.1) is 5.92 Å². The highest BCUT2D eigenvalue weighted by Crippen LogP contribution is 2.27. The zero-order valence-electron chi connectivity index (χ0n) is 14.9. The second-order valence-corrected chi connectivity index (χ2v) is 7.90. The molecule has 1 aromatic heterocycles. The lowest BCUT2D eigenvalue weighted by Gasteiger charge is -2.32. The summed E-state index contributed by atoms with van der Waals surface area (Å²) in [7, 11) is 0. The van der Waals surface area contributed by atoms with E-state index in [0.717, 1.165) is 47.4 Å². The van der Waals surface area contributed by atoms with E-state index >= 15 is 0 Å². The number of nitrogens with zero attached hydrogens (tertiary/aromatic N) is 1. The number of thiophene rings is 1. The van der Waals surface area contributed by atoms with Gasteiger partial charge in [-0.15, -0.1) is 11.3 Å². The van der Waals surface area contributed by atoms with Crippen LogP contribution in [0.15, 0.2) is 54.6 Å². The van der Waals surface area contributed by atoms with Gasteiger partial charge in [-0.3, -0.25) is 9.59 Å². The first-order valence-corrected chi connectivity index (χ1v) is 9.86. The molecule has 1 aliphatic heterocycles. The Morgan fingerprint density at radius 1 is 1.04 bits per heavy atom. The highest BCUT2D eigenvalue weighted by molar-refractivity contribution is 7.20. The van der Waals surface area contributed by atoms with Crippen LogP contribution in [-0.2, 0) is 4.79 Å². The van der Waals surface area contributed by atoms with Gasteiger partial charge in [-0.05, 0) is 54.6 Å². The zero-order valence-corrected chi connectivity index (χ0v) is 15.7. The third kappa shape index (κ3) is 3.80. The van der Waals surface area contributed by atoms with Gasteiger partial charge in [0.25, 0.3) is 5.91 Å². The average Bonchev–Trinajstić information content (AvgIpc) is 3.13. The lowest BCUT2D eigenvalue weighted by molar-refractivity contribution is -0.122. The van der Waals surface area contributed by atoms with Gasteiger partial charge >= 0.3 is 0 Å². The summed E-state index contributed by atoms with van der Waals surface area (Å²) in [6.45, 7) is 1.64. The summed E-state index contributed by atoms with van der Waals surface area (Å²) in [4.78, 5) is 26.7. The number of anilines is 2. The summed E-state index contributed by atoms with van der Waals surface area (Å²) in [6, 6.07) is 17.8. The van der Waals surface area contributed by atoms with Crippen LogP contribution in [0.4, 0.5) is 11.4 Å². The van der Waals surface area contributed by atoms with Crippen LogP contribution in [0.1, 0.15) is 22.5 Å². The first kappa shape index (κ1) is 17.5. The Labute approximate surface area is 161 Å². The summed E-state index contributed by atoms with van der Waals surface area (Å²) in [5, 5.41) is 4.05. The molecule has 0 unspecified atom stereocenters. The smallest absolute Gasteiger partial charge is 0.265 e. The predicted octanol–water partition coefficient (Wildman–Crippen LogP) is 3.86. The van der Waals surface area contributed by atoms with Gasteiger partial charge in [0.1, 0.15) is 0 Å². The van der Waals surface area contributed by atoms with E-state index in [4.69, 9.17) is 5.73 Å². The van der Waals surface area contributed by atoms with Crippen molar-refractivity contribution in [3.05, 3.63) is 59.5 Å². The summed E-state index contributed by atoms with van der Waals surface area (Å²) in [5.41, 5.74) is 7.26. The molecule has 4 rings (SSSR count). The van der Waals surface area contributed by atoms with E-state index in [1.54, 1.807) is 0 Å². The lowest BCUT2D eigenvalue weighted by atomic mass is 9.96. The minimum atomic E-state index is -0.200. The monoisotopic (exact) mass is 379 g/mol. The van der Waals surface area contributed by atoms with Crippen molar-refractivity contribution in [2.75, 3.05) is 23.3 Å². The average molecular weight is 379 g/mol. The quantitative estimate of drug-likeness (QED) is 0.723. The SMILES string of the molecule is NC(=O)C1CCN(c2ccc(NC(=O)c3cc4ccccc4s3)cc2)CC1. The number of benzene rings is 2. The number of carbonyl (C=O) groups is 2. The molecule has 1 saturated heterocycles. The van der Waals surface area contributed by atoms with E-state index in [-0.39, 0.29) is 17.7 Å². The number of primary amides is 1. The summed E-state index contributed by atoms with van der Waals surface area (Å²) < 4.78 is 1.11. The molecule has 0 aliphatic carbocycles. The molecule has 0 atom stereocenters. The van der Waals surface area contributed by atoms with Crippen molar-refractivity contribution in [2.24, 2.45) is 11.7 Å². The molecule has 0 radical (unpaired) electrons. The summed E-state index contributed by atoms with van der Waals surface area (Å²) in [6.07, 6.45) is 1.58. The Kier molecular flexibility index (Phi) is 4.81. The highest BCUT2D eigenvalue weighted by Gasteiger charge is 2.23. The largest absolute Gasteiger partial charge is 0.371 e. The Balaban J connectivity index is 1.40. The lowest BCUT2D eigenvalue weighted by Crippen LogP contribution is -2.38. The zero-order chi connectivity index (χ0) is 18.8. The first-order chi connectivity index (χ1) is 13.1. The van der Waals surface area contributed by atoms with Crippen LogP contribution >= 0.6 is 11.3 Å². The Bertz CT molecular complexity index is 940. The van der Waals surface area contributed by atoms with Gasteiger partial charge in [0, 0.05) is 35.1 Å². The molecule has 2 amide bonds. The fourth-order valence-corrected chi connectivity index (χ4v) is 4.42. The Morgan fingerprint density at radius 3 is 2.41 bits per heavy atom. The summed E-state index contributed by atoms with van der Waals surface area (Å²) in [5.74, 6) is -0.304. The standard InChI is InChI=1S/C21H21N3O2S/c22-20(25)14-9-11-24(12-10-14)17-7-5-16(6-8-17)23-21(26)19-13-15-3-1-2-4-18(15)27-19/h1-8,13-14H,9-12H2,(H2,22,25)(H,23,26). The van der Waals surface area contributed by atoms with Crippen molar-refractivity contribution in [1.82, 2.24) is 0 Å².